The predicted molar refractivity (Wildman–Crippen MR) is 80.3 cm³/mol. The van der Waals surface area contributed by atoms with Crippen LogP contribution in [-0.4, -0.2) is 56.3 Å². The highest BCUT2D eigenvalue weighted by molar-refractivity contribution is 5.77. The Labute approximate surface area is 117 Å². The largest absolute Gasteiger partial charge is 0.379 e. The maximum Gasteiger partial charge on any atom is 0.188 e. The summed E-state index contributed by atoms with van der Waals surface area (Å²) >= 11 is 0. The van der Waals surface area contributed by atoms with Gasteiger partial charge in [0.05, 0.1) is 13.2 Å². The van der Waals surface area contributed by atoms with Crippen molar-refractivity contribution in [1.29, 1.82) is 0 Å². The second kappa shape index (κ2) is 8.38. The number of morpholine rings is 1. The molecule has 5 heteroatoms. The zero-order valence-electron chi connectivity index (χ0n) is 12.9. The summed E-state index contributed by atoms with van der Waals surface area (Å²) in [6.07, 6.45) is 0. The van der Waals surface area contributed by atoms with Crippen molar-refractivity contribution in [3.63, 3.8) is 0 Å². The van der Waals surface area contributed by atoms with Crippen LogP contribution in [-0.2, 0) is 4.74 Å². The van der Waals surface area contributed by atoms with Gasteiger partial charge in [-0.3, -0.25) is 9.89 Å². The molecule has 0 aromatic heterocycles. The smallest absolute Gasteiger partial charge is 0.188 e. The molecule has 0 saturated carbocycles. The van der Waals surface area contributed by atoms with Gasteiger partial charge in [-0.1, -0.05) is 27.7 Å². The van der Waals surface area contributed by atoms with E-state index < -0.39 is 0 Å². The van der Waals surface area contributed by atoms with Gasteiger partial charge in [-0.15, -0.1) is 0 Å². The van der Waals surface area contributed by atoms with Gasteiger partial charge in [0.15, 0.2) is 5.96 Å². The first kappa shape index (κ1) is 16.2. The Bertz CT molecular complexity index is 273. The quantitative estimate of drug-likeness (QED) is 0.556. The van der Waals surface area contributed by atoms with Crippen molar-refractivity contribution < 1.29 is 4.74 Å². The molecular formula is C14H30N4O. The number of hydrogen-bond donors (Lipinski definition) is 2. The lowest BCUT2D eigenvalue weighted by atomic mass is 10.0. The Morgan fingerprint density at radius 3 is 2.42 bits per heavy atom. The third-order valence-electron chi connectivity index (χ3n) is 3.40. The summed E-state index contributed by atoms with van der Waals surface area (Å²) in [5, 5.41) is 3.26. The molecule has 3 N–H and O–H groups in total. The zero-order chi connectivity index (χ0) is 14.3. The average Bonchev–Trinajstić information content (AvgIpc) is 2.37. The Hall–Kier alpha value is -0.810. The Morgan fingerprint density at radius 2 is 1.89 bits per heavy atom. The van der Waals surface area contributed by atoms with Crippen molar-refractivity contribution in [3.05, 3.63) is 0 Å². The minimum Gasteiger partial charge on any atom is -0.379 e. The van der Waals surface area contributed by atoms with Gasteiger partial charge < -0.3 is 15.8 Å². The standard InChI is InChI=1S/C14H30N4O/c1-11(2)9-16-14(15)17-10-13(12(3)4)18-5-7-19-8-6-18/h11-13H,5-10H2,1-4H3,(H3,15,16,17). The number of rotatable bonds is 6. The molecule has 0 radical (unpaired) electrons. The van der Waals surface area contributed by atoms with Crippen LogP contribution < -0.4 is 11.1 Å². The number of hydrogen-bond acceptors (Lipinski definition) is 3. The molecule has 1 atom stereocenters. The van der Waals surface area contributed by atoms with E-state index in [1.54, 1.807) is 0 Å². The van der Waals surface area contributed by atoms with Crippen LogP contribution in [0.2, 0.25) is 0 Å². The highest BCUT2D eigenvalue weighted by atomic mass is 16.5. The van der Waals surface area contributed by atoms with E-state index in [1.165, 1.54) is 0 Å². The van der Waals surface area contributed by atoms with Crippen molar-refractivity contribution in [3.8, 4) is 0 Å². The van der Waals surface area contributed by atoms with E-state index in [0.29, 0.717) is 23.8 Å². The zero-order valence-corrected chi connectivity index (χ0v) is 12.9. The Balaban J connectivity index is 2.43. The van der Waals surface area contributed by atoms with Crippen molar-refractivity contribution in [2.75, 3.05) is 39.4 Å². The van der Waals surface area contributed by atoms with Crippen LogP contribution in [0.25, 0.3) is 0 Å². The third-order valence-corrected chi connectivity index (χ3v) is 3.40. The summed E-state index contributed by atoms with van der Waals surface area (Å²) in [4.78, 5) is 6.82. The fourth-order valence-corrected chi connectivity index (χ4v) is 2.24. The summed E-state index contributed by atoms with van der Waals surface area (Å²) in [6, 6.07) is 0.483. The number of nitrogens with zero attached hydrogens (tertiary/aromatic N) is 2. The van der Waals surface area contributed by atoms with E-state index in [2.05, 4.69) is 42.9 Å². The van der Waals surface area contributed by atoms with E-state index in [4.69, 9.17) is 10.5 Å². The molecule has 1 aliphatic heterocycles. The van der Waals surface area contributed by atoms with Crippen molar-refractivity contribution >= 4 is 5.96 Å². The lowest BCUT2D eigenvalue weighted by molar-refractivity contribution is 0.00755. The molecule has 112 valence electrons. The lowest BCUT2D eigenvalue weighted by Gasteiger charge is -2.37. The maximum atomic E-state index is 5.90. The molecule has 0 aromatic rings. The monoisotopic (exact) mass is 270 g/mol. The molecule has 1 saturated heterocycles. The molecule has 5 nitrogen and oxygen atoms in total. The van der Waals surface area contributed by atoms with Crippen LogP contribution in [0.4, 0.5) is 0 Å². The van der Waals surface area contributed by atoms with Gasteiger partial charge >= 0.3 is 0 Å². The summed E-state index contributed by atoms with van der Waals surface area (Å²) in [7, 11) is 0. The van der Waals surface area contributed by atoms with Gasteiger partial charge in [-0.05, 0) is 11.8 Å². The van der Waals surface area contributed by atoms with Gasteiger partial charge in [0.25, 0.3) is 0 Å². The number of guanidine groups is 1. The van der Waals surface area contributed by atoms with Crippen LogP contribution in [0.5, 0.6) is 0 Å². The predicted octanol–water partition coefficient (Wildman–Crippen LogP) is 0.904. The van der Waals surface area contributed by atoms with Crippen LogP contribution in [0.3, 0.4) is 0 Å². The topological polar surface area (TPSA) is 62.9 Å². The molecule has 1 unspecified atom stereocenters. The molecule has 0 spiro atoms. The third kappa shape index (κ3) is 6.25. The van der Waals surface area contributed by atoms with Crippen molar-refractivity contribution in [2.24, 2.45) is 22.6 Å². The lowest BCUT2D eigenvalue weighted by Crippen LogP contribution is -2.52. The van der Waals surface area contributed by atoms with Crippen LogP contribution in [0.1, 0.15) is 27.7 Å². The minimum absolute atomic E-state index is 0.483. The van der Waals surface area contributed by atoms with Crippen molar-refractivity contribution in [2.45, 2.75) is 33.7 Å². The molecule has 1 fully saturated rings. The molecule has 1 heterocycles. The van der Waals surface area contributed by atoms with Gasteiger partial charge in [-0.2, -0.15) is 0 Å². The van der Waals surface area contributed by atoms with Crippen LogP contribution in [0, 0.1) is 11.8 Å². The highest BCUT2D eigenvalue weighted by Crippen LogP contribution is 2.12. The van der Waals surface area contributed by atoms with Gasteiger partial charge in [0, 0.05) is 32.2 Å². The van der Waals surface area contributed by atoms with Crippen LogP contribution >= 0.6 is 0 Å². The normalized spacial score (nSPS) is 20.0. The Kier molecular flexibility index (Phi) is 7.16. The fraction of sp³-hybridized carbons (Fsp3) is 0.929. The summed E-state index contributed by atoms with van der Waals surface area (Å²) < 4.78 is 5.41. The van der Waals surface area contributed by atoms with Gasteiger partial charge in [-0.25, -0.2) is 0 Å². The van der Waals surface area contributed by atoms with Gasteiger partial charge in [0.2, 0.25) is 0 Å². The molecule has 19 heavy (non-hydrogen) atoms. The molecule has 1 aliphatic rings. The average molecular weight is 270 g/mol. The summed E-state index contributed by atoms with van der Waals surface area (Å²) in [5.74, 6) is 1.69. The maximum absolute atomic E-state index is 5.90. The summed E-state index contributed by atoms with van der Waals surface area (Å²) in [6.45, 7) is 14.1. The number of nitrogens with two attached hydrogens (primary N) is 1. The van der Waals surface area contributed by atoms with Gasteiger partial charge in [0.1, 0.15) is 0 Å². The number of aliphatic imine (C=N–C) groups is 1. The van der Waals surface area contributed by atoms with E-state index >= 15 is 0 Å². The molecule has 0 bridgehead atoms. The number of nitrogens with one attached hydrogen (secondary N) is 1. The van der Waals surface area contributed by atoms with E-state index in [0.717, 1.165) is 39.4 Å². The first-order valence-electron chi connectivity index (χ1n) is 7.36. The van der Waals surface area contributed by atoms with Crippen molar-refractivity contribution in [1.82, 2.24) is 10.2 Å². The van der Waals surface area contributed by atoms with Crippen LogP contribution in [0.15, 0.2) is 4.99 Å². The minimum atomic E-state index is 0.483. The van der Waals surface area contributed by atoms with E-state index in [9.17, 15) is 0 Å². The Morgan fingerprint density at radius 1 is 1.26 bits per heavy atom. The first-order chi connectivity index (χ1) is 9.00. The highest BCUT2D eigenvalue weighted by Gasteiger charge is 2.23. The second-order valence-corrected chi connectivity index (χ2v) is 5.96. The summed E-state index contributed by atoms with van der Waals surface area (Å²) in [5.41, 5.74) is 5.90. The molecular weight excluding hydrogens is 240 g/mol. The second-order valence-electron chi connectivity index (χ2n) is 5.96. The molecule has 0 aromatic carbocycles. The molecule has 0 aliphatic carbocycles. The first-order valence-corrected chi connectivity index (χ1v) is 7.36. The fourth-order valence-electron chi connectivity index (χ4n) is 2.24. The number of ether oxygens (including phenoxy) is 1. The molecule has 0 amide bonds. The van der Waals surface area contributed by atoms with E-state index in [-0.39, 0.29) is 0 Å². The SMILES string of the molecule is CC(C)CN=C(N)NCC(C(C)C)N1CCOCC1. The van der Waals surface area contributed by atoms with E-state index in [1.807, 2.05) is 0 Å². The molecule has 1 rings (SSSR count).